The van der Waals surface area contributed by atoms with Gasteiger partial charge in [-0.25, -0.2) is 4.79 Å². The topological polar surface area (TPSA) is 108 Å². The minimum absolute atomic E-state index is 0.00374. The molecule has 4 N–H and O–H groups in total. The molecule has 0 spiro atoms. The first-order valence-electron chi connectivity index (χ1n) is 10.1. The fourth-order valence-corrected chi connectivity index (χ4v) is 3.91. The monoisotopic (exact) mass is 367 g/mol. The molecule has 0 radical (unpaired) electrons. The van der Waals surface area contributed by atoms with Crippen LogP contribution in [0.5, 0.6) is 0 Å². The normalized spacial score (nSPS) is 23.4. The summed E-state index contributed by atoms with van der Waals surface area (Å²) in [5, 5.41) is 17.8. The van der Waals surface area contributed by atoms with E-state index in [2.05, 4.69) is 16.0 Å². The number of rotatable bonds is 9. The quantitative estimate of drug-likeness (QED) is 0.470. The molecule has 7 heteroatoms. The number of unbranched alkanes of at least 4 members (excludes halogenated alkanes) is 2. The zero-order valence-corrected chi connectivity index (χ0v) is 15.6. The third kappa shape index (κ3) is 7.62. The molecule has 0 aromatic heterocycles. The van der Waals surface area contributed by atoms with Crippen molar-refractivity contribution in [1.82, 2.24) is 16.0 Å². The molecule has 0 aliphatic heterocycles. The summed E-state index contributed by atoms with van der Waals surface area (Å²) >= 11 is 0. The van der Waals surface area contributed by atoms with Gasteiger partial charge in [-0.2, -0.15) is 0 Å². The summed E-state index contributed by atoms with van der Waals surface area (Å²) in [6.07, 6.45) is 10.8. The standard InChI is InChI=1S/C19H33N3O4/c23-17(21-16-11-10-14(13-16)18(24)25)9-5-2-6-12-20-19(26)22-15-7-3-1-4-8-15/h14-16H,1-13H2,(H,21,23)(H,24,25)(H2,20,22,26)/t14-,16+/m1/s1. The van der Waals surface area contributed by atoms with E-state index in [9.17, 15) is 14.4 Å². The third-order valence-corrected chi connectivity index (χ3v) is 5.45. The van der Waals surface area contributed by atoms with Crippen LogP contribution in [-0.2, 0) is 9.59 Å². The van der Waals surface area contributed by atoms with Crippen molar-refractivity contribution in [1.29, 1.82) is 0 Å². The Hall–Kier alpha value is -1.79. The largest absolute Gasteiger partial charge is 0.481 e. The molecule has 2 aliphatic carbocycles. The van der Waals surface area contributed by atoms with Crippen LogP contribution in [0.3, 0.4) is 0 Å². The molecule has 2 rings (SSSR count). The smallest absolute Gasteiger partial charge is 0.315 e. The summed E-state index contributed by atoms with van der Waals surface area (Å²) in [6.45, 7) is 0.628. The second-order valence-corrected chi connectivity index (χ2v) is 7.66. The fourth-order valence-electron chi connectivity index (χ4n) is 3.91. The maximum absolute atomic E-state index is 11.9. The molecule has 7 nitrogen and oxygen atoms in total. The molecule has 0 saturated heterocycles. The zero-order chi connectivity index (χ0) is 18.8. The highest BCUT2D eigenvalue weighted by Gasteiger charge is 2.30. The molecule has 0 heterocycles. The van der Waals surface area contributed by atoms with Crippen molar-refractivity contribution >= 4 is 17.9 Å². The number of nitrogens with one attached hydrogen (secondary N) is 3. The number of hydrogen-bond acceptors (Lipinski definition) is 3. The van der Waals surface area contributed by atoms with E-state index in [0.29, 0.717) is 31.8 Å². The van der Waals surface area contributed by atoms with Gasteiger partial charge in [-0.3, -0.25) is 9.59 Å². The van der Waals surface area contributed by atoms with Crippen LogP contribution in [0.25, 0.3) is 0 Å². The Morgan fingerprint density at radius 3 is 2.31 bits per heavy atom. The molecule has 148 valence electrons. The van der Waals surface area contributed by atoms with Gasteiger partial charge in [0.25, 0.3) is 0 Å². The molecular weight excluding hydrogens is 334 g/mol. The second kappa shape index (κ2) is 11.0. The van der Waals surface area contributed by atoms with E-state index >= 15 is 0 Å². The Balaban J connectivity index is 1.44. The highest BCUT2D eigenvalue weighted by atomic mass is 16.4. The van der Waals surface area contributed by atoms with E-state index < -0.39 is 5.97 Å². The first kappa shape index (κ1) is 20.5. The average Bonchev–Trinajstić information content (AvgIpc) is 3.07. The lowest BCUT2D eigenvalue weighted by molar-refractivity contribution is -0.141. The van der Waals surface area contributed by atoms with Gasteiger partial charge < -0.3 is 21.1 Å². The van der Waals surface area contributed by atoms with Crippen molar-refractivity contribution in [3.8, 4) is 0 Å². The van der Waals surface area contributed by atoms with Gasteiger partial charge in [0.1, 0.15) is 0 Å². The van der Waals surface area contributed by atoms with Crippen LogP contribution in [-0.4, -0.2) is 41.6 Å². The van der Waals surface area contributed by atoms with Crippen molar-refractivity contribution in [2.24, 2.45) is 5.92 Å². The van der Waals surface area contributed by atoms with Crippen molar-refractivity contribution in [2.75, 3.05) is 6.54 Å². The van der Waals surface area contributed by atoms with Crippen LogP contribution in [0.4, 0.5) is 4.79 Å². The van der Waals surface area contributed by atoms with Gasteiger partial charge in [0.05, 0.1) is 5.92 Å². The number of carbonyl (C=O) groups is 3. The third-order valence-electron chi connectivity index (χ3n) is 5.45. The van der Waals surface area contributed by atoms with Gasteiger partial charge in [0, 0.05) is 25.0 Å². The van der Waals surface area contributed by atoms with Gasteiger partial charge in [-0.15, -0.1) is 0 Å². The highest BCUT2D eigenvalue weighted by Crippen LogP contribution is 2.25. The summed E-state index contributed by atoms with van der Waals surface area (Å²) in [5.74, 6) is -1.07. The number of urea groups is 1. The molecule has 2 aliphatic rings. The van der Waals surface area contributed by atoms with Crippen LogP contribution in [0, 0.1) is 5.92 Å². The number of carbonyl (C=O) groups excluding carboxylic acids is 2. The summed E-state index contributed by atoms with van der Waals surface area (Å²) in [5.41, 5.74) is 0. The van der Waals surface area contributed by atoms with E-state index in [-0.39, 0.29) is 23.9 Å². The predicted molar refractivity (Wildman–Crippen MR) is 98.8 cm³/mol. The summed E-state index contributed by atoms with van der Waals surface area (Å²) in [7, 11) is 0. The minimum atomic E-state index is -0.762. The number of hydrogen-bond donors (Lipinski definition) is 4. The lowest BCUT2D eigenvalue weighted by atomic mass is 9.96. The number of carboxylic acids is 1. The second-order valence-electron chi connectivity index (χ2n) is 7.66. The number of carboxylic acid groups (broad SMARTS) is 1. The van der Waals surface area contributed by atoms with Crippen molar-refractivity contribution in [2.45, 2.75) is 89.1 Å². The SMILES string of the molecule is O=C(CCCCCNC(=O)NC1CCCCC1)N[C@H]1CC[C@@H](C(=O)O)C1. The Bertz CT molecular complexity index is 477. The summed E-state index contributed by atoms with van der Waals surface area (Å²) in [4.78, 5) is 34.6. The molecule has 0 bridgehead atoms. The number of amides is 3. The predicted octanol–water partition coefficient (Wildman–Crippen LogP) is 2.55. The molecule has 0 unspecified atom stereocenters. The molecule has 26 heavy (non-hydrogen) atoms. The van der Waals surface area contributed by atoms with Crippen LogP contribution >= 0.6 is 0 Å². The van der Waals surface area contributed by atoms with Crippen molar-refractivity contribution < 1.29 is 19.5 Å². The Labute approximate surface area is 155 Å². The van der Waals surface area contributed by atoms with Crippen LogP contribution in [0.2, 0.25) is 0 Å². The molecule has 2 atom stereocenters. The lowest BCUT2D eigenvalue weighted by Gasteiger charge is -2.22. The molecular formula is C19H33N3O4. The Morgan fingerprint density at radius 1 is 0.846 bits per heavy atom. The van der Waals surface area contributed by atoms with Crippen molar-refractivity contribution in [3.05, 3.63) is 0 Å². The van der Waals surface area contributed by atoms with E-state index in [1.165, 1.54) is 19.3 Å². The van der Waals surface area contributed by atoms with Gasteiger partial charge in [0.2, 0.25) is 5.91 Å². The van der Waals surface area contributed by atoms with E-state index in [1.54, 1.807) is 0 Å². The van der Waals surface area contributed by atoms with Gasteiger partial charge in [-0.1, -0.05) is 25.7 Å². The van der Waals surface area contributed by atoms with Gasteiger partial charge in [0.15, 0.2) is 0 Å². The molecule has 0 aromatic rings. The van der Waals surface area contributed by atoms with Crippen LogP contribution in [0.15, 0.2) is 0 Å². The molecule has 0 aromatic carbocycles. The van der Waals surface area contributed by atoms with Crippen LogP contribution < -0.4 is 16.0 Å². The molecule has 2 fully saturated rings. The first-order valence-corrected chi connectivity index (χ1v) is 10.1. The van der Waals surface area contributed by atoms with E-state index in [0.717, 1.165) is 38.5 Å². The molecule has 2 saturated carbocycles. The zero-order valence-electron chi connectivity index (χ0n) is 15.6. The fraction of sp³-hybridized carbons (Fsp3) is 0.842. The van der Waals surface area contributed by atoms with Gasteiger partial charge in [-0.05, 0) is 44.9 Å². The van der Waals surface area contributed by atoms with E-state index in [4.69, 9.17) is 5.11 Å². The first-order chi connectivity index (χ1) is 12.5. The lowest BCUT2D eigenvalue weighted by Crippen LogP contribution is -2.43. The summed E-state index contributed by atoms with van der Waals surface area (Å²) in [6, 6.07) is 0.251. The average molecular weight is 367 g/mol. The highest BCUT2D eigenvalue weighted by molar-refractivity contribution is 5.76. The van der Waals surface area contributed by atoms with Gasteiger partial charge >= 0.3 is 12.0 Å². The molecule has 3 amide bonds. The van der Waals surface area contributed by atoms with E-state index in [1.807, 2.05) is 0 Å². The Morgan fingerprint density at radius 2 is 1.62 bits per heavy atom. The maximum atomic E-state index is 11.9. The summed E-state index contributed by atoms with van der Waals surface area (Å²) < 4.78 is 0. The van der Waals surface area contributed by atoms with Crippen molar-refractivity contribution in [3.63, 3.8) is 0 Å². The van der Waals surface area contributed by atoms with Crippen LogP contribution in [0.1, 0.15) is 77.0 Å². The number of aliphatic carboxylic acids is 1. The minimum Gasteiger partial charge on any atom is -0.481 e. The maximum Gasteiger partial charge on any atom is 0.315 e. The Kier molecular flexibility index (Phi) is 8.71.